The van der Waals surface area contributed by atoms with Gasteiger partial charge >= 0.3 is 114 Å². The number of hydrogen-bond donors (Lipinski definition) is 1. The molecule has 0 fully saturated rings. The van der Waals surface area contributed by atoms with Crippen molar-refractivity contribution in [2.75, 3.05) is 24.8 Å². The molecule has 106 valence electrons. The minimum absolute atomic E-state index is 0.200. The van der Waals surface area contributed by atoms with Crippen molar-refractivity contribution in [3.8, 4) is 0 Å². The van der Waals surface area contributed by atoms with Crippen LogP contribution in [0, 0.1) is 0 Å². The molecule has 0 unspecified atom stereocenters. The molecule has 0 aliphatic heterocycles. The quantitative estimate of drug-likeness (QED) is 0.602. The molecule has 18 heavy (non-hydrogen) atoms. The van der Waals surface area contributed by atoms with E-state index in [1.165, 1.54) is 6.92 Å². The summed E-state index contributed by atoms with van der Waals surface area (Å²) in [5.74, 6) is -3.00. The van der Waals surface area contributed by atoms with E-state index in [2.05, 4.69) is 11.9 Å². The van der Waals surface area contributed by atoms with Crippen molar-refractivity contribution in [3.63, 3.8) is 0 Å². The second kappa shape index (κ2) is 6.53. The van der Waals surface area contributed by atoms with Crippen LogP contribution < -0.4 is 5.32 Å². The summed E-state index contributed by atoms with van der Waals surface area (Å²) in [6.45, 7) is 11.0. The first-order valence-corrected chi connectivity index (χ1v) is 9.94. The van der Waals surface area contributed by atoms with Crippen LogP contribution in [0.2, 0.25) is 0 Å². The van der Waals surface area contributed by atoms with Crippen LogP contribution in [0.15, 0.2) is 12.2 Å². The molecule has 0 aromatic heterocycles. The van der Waals surface area contributed by atoms with Crippen LogP contribution in [0.25, 0.3) is 0 Å². The van der Waals surface area contributed by atoms with Crippen LogP contribution in [0.3, 0.4) is 0 Å². The van der Waals surface area contributed by atoms with Crippen molar-refractivity contribution in [2.24, 2.45) is 0 Å². The van der Waals surface area contributed by atoms with Crippen LogP contribution in [-0.4, -0.2) is 36.8 Å². The van der Waals surface area contributed by atoms with Crippen molar-refractivity contribution in [3.05, 3.63) is 12.2 Å². The van der Waals surface area contributed by atoms with Crippen molar-refractivity contribution in [1.29, 1.82) is 0 Å². The second-order valence-electron chi connectivity index (χ2n) is 4.56. The molecule has 0 saturated carbocycles. The molecule has 4 nitrogen and oxygen atoms in total. The molecule has 0 rings (SSSR count). The Kier molecular flexibility index (Phi) is 6.32. The van der Waals surface area contributed by atoms with Gasteiger partial charge in [-0.05, 0) is 0 Å². The van der Waals surface area contributed by atoms with Crippen LogP contribution in [0.1, 0.15) is 27.7 Å². The van der Waals surface area contributed by atoms with Gasteiger partial charge in [-0.25, -0.2) is 0 Å². The zero-order valence-corrected chi connectivity index (χ0v) is 13.2. The number of rotatable bonds is 6. The van der Waals surface area contributed by atoms with Gasteiger partial charge < -0.3 is 0 Å². The molecule has 2 amide bonds. The number of ether oxygens (including phenoxy) is 1. The fourth-order valence-electron chi connectivity index (χ4n) is 1.40. The second-order valence-corrected chi connectivity index (χ2v) is 13.2. The van der Waals surface area contributed by atoms with Gasteiger partial charge in [0.15, 0.2) is 0 Å². The Morgan fingerprint density at radius 1 is 1.22 bits per heavy atom. The Balaban J connectivity index is 4.52. The summed E-state index contributed by atoms with van der Waals surface area (Å²) in [6, 6.07) is 0. The fourth-order valence-corrected chi connectivity index (χ4v) is 3.88. The van der Waals surface area contributed by atoms with E-state index >= 15 is 0 Å². The molecule has 0 saturated heterocycles. The van der Waals surface area contributed by atoms with Crippen molar-refractivity contribution < 1.29 is 14.3 Å². The fraction of sp³-hybridized carbons (Fsp3) is 0.667. The van der Waals surface area contributed by atoms with E-state index in [1.54, 1.807) is 0 Å². The maximum atomic E-state index is 11.5. The average molecular weight is 296 g/mol. The summed E-state index contributed by atoms with van der Waals surface area (Å²) in [5.41, 5.74) is 0.261. The van der Waals surface area contributed by atoms with Crippen molar-refractivity contribution in [2.45, 2.75) is 27.7 Å². The molecule has 0 heterocycles. The van der Waals surface area contributed by atoms with Gasteiger partial charge in [0.2, 0.25) is 0 Å². The number of carbonyl (C=O) groups is 2. The van der Waals surface area contributed by atoms with E-state index in [9.17, 15) is 9.59 Å². The number of amides is 2. The third kappa shape index (κ3) is 4.58. The number of hydrogen-bond acceptors (Lipinski definition) is 3. The molecule has 0 aromatic rings. The summed E-state index contributed by atoms with van der Waals surface area (Å²) in [5, 5.41) is 2.10. The Hall–Kier alpha value is -0.600. The molecule has 0 atom stereocenters. The number of carbonyl (C=O) groups excluding carboxylic acids is 2. The first-order chi connectivity index (χ1) is 8.20. The Morgan fingerprint density at radius 2 is 1.67 bits per heavy atom. The van der Waals surface area contributed by atoms with E-state index in [-0.39, 0.29) is 11.9 Å². The maximum absolute atomic E-state index is 11.5. The van der Waals surface area contributed by atoms with E-state index in [4.69, 9.17) is 16.0 Å². The molecular weight excluding hydrogens is 273 g/mol. The monoisotopic (exact) mass is 295 g/mol. The van der Waals surface area contributed by atoms with E-state index in [0.717, 1.165) is 18.5 Å². The molecule has 1 N–H and O–H groups in total. The van der Waals surface area contributed by atoms with E-state index in [1.807, 2.05) is 20.8 Å². The van der Waals surface area contributed by atoms with Crippen molar-refractivity contribution >= 4 is 29.2 Å². The summed E-state index contributed by atoms with van der Waals surface area (Å²) < 4.78 is 5.12. The summed E-state index contributed by atoms with van der Waals surface area (Å²) in [7, 11) is 0. The van der Waals surface area contributed by atoms with Gasteiger partial charge in [-0.2, -0.15) is 0 Å². The van der Waals surface area contributed by atoms with Gasteiger partial charge in [0.1, 0.15) is 0 Å². The third-order valence-corrected chi connectivity index (χ3v) is 11.5. The molecular formula is C12H23ClNO3P. The number of nitrogens with one attached hydrogen (secondary N) is 1. The minimum atomic E-state index is -2.48. The zero-order chi connectivity index (χ0) is 14.4. The van der Waals surface area contributed by atoms with Gasteiger partial charge in [-0.3, -0.25) is 0 Å². The zero-order valence-electron chi connectivity index (χ0n) is 11.6. The summed E-state index contributed by atoms with van der Waals surface area (Å²) >= 11 is 6.72. The Morgan fingerprint density at radius 3 is 2.00 bits per heavy atom. The predicted octanol–water partition coefficient (Wildman–Crippen LogP) is 3.54. The first kappa shape index (κ1) is 17.4. The van der Waals surface area contributed by atoms with Crippen LogP contribution in [-0.2, 0) is 9.53 Å². The van der Waals surface area contributed by atoms with Gasteiger partial charge in [0.05, 0.1) is 0 Å². The average Bonchev–Trinajstić information content (AvgIpc) is 2.36. The van der Waals surface area contributed by atoms with Crippen LogP contribution >= 0.6 is 17.2 Å². The van der Waals surface area contributed by atoms with E-state index in [0.29, 0.717) is 0 Å². The molecule has 0 aliphatic rings. The standard InChI is InChI=1S/C12H23ClNO3P/c1-6-18(13,7-2,8-3)9-17-12(16)14-11(15)10(4)5/h4,6-9H2,1-3,5H3,(H,14,15,16). The van der Waals surface area contributed by atoms with Crippen LogP contribution in [0.5, 0.6) is 0 Å². The molecule has 6 heteroatoms. The normalized spacial score (nSPS) is 13.3. The topological polar surface area (TPSA) is 55.4 Å². The Labute approximate surface area is 114 Å². The summed E-state index contributed by atoms with van der Waals surface area (Å²) in [6.07, 6.45) is 1.87. The SMILES string of the molecule is C=C(C)C(=O)NC(=O)OCP(Cl)(CC)(CC)CC. The van der Waals surface area contributed by atoms with Gasteiger partial charge in [0.25, 0.3) is 0 Å². The third-order valence-electron chi connectivity index (χ3n) is 3.49. The van der Waals surface area contributed by atoms with Gasteiger partial charge in [-0.15, -0.1) is 0 Å². The molecule has 0 radical (unpaired) electrons. The number of alkyl carbamates (subject to hydrolysis) is 1. The molecule has 0 aliphatic carbocycles. The van der Waals surface area contributed by atoms with Crippen molar-refractivity contribution in [1.82, 2.24) is 5.32 Å². The van der Waals surface area contributed by atoms with Gasteiger partial charge in [-0.1, -0.05) is 0 Å². The summed E-state index contributed by atoms with van der Waals surface area (Å²) in [4.78, 5) is 22.7. The van der Waals surface area contributed by atoms with E-state index < -0.39 is 18.0 Å². The van der Waals surface area contributed by atoms with Gasteiger partial charge in [0, 0.05) is 0 Å². The molecule has 0 aromatic carbocycles. The van der Waals surface area contributed by atoms with Crippen LogP contribution in [0.4, 0.5) is 4.79 Å². The number of halogens is 1. The number of imide groups is 1. The first-order valence-electron chi connectivity index (χ1n) is 6.06. The Bertz CT molecular complexity index is 342. The molecule has 0 bridgehead atoms. The predicted molar refractivity (Wildman–Crippen MR) is 78.7 cm³/mol. The molecule has 0 spiro atoms.